The second kappa shape index (κ2) is 4.52. The molecule has 2 N–H and O–H groups in total. The zero-order valence-electron chi connectivity index (χ0n) is 12.3. The molecule has 0 saturated carbocycles. The largest absolute Gasteiger partial charge is 0.508 e. The molecule has 0 fully saturated rings. The van der Waals surface area contributed by atoms with Crippen LogP contribution in [0.25, 0.3) is 22.4 Å². The zero-order valence-corrected chi connectivity index (χ0v) is 12.3. The van der Waals surface area contributed by atoms with Gasteiger partial charge in [-0.2, -0.15) is 0 Å². The number of aromatic hydroxyl groups is 2. The van der Waals surface area contributed by atoms with Crippen molar-refractivity contribution in [2.24, 2.45) is 0 Å². The number of rotatable bonds is 1. The molecule has 0 amide bonds. The van der Waals surface area contributed by atoms with E-state index in [9.17, 15) is 10.2 Å². The van der Waals surface area contributed by atoms with Crippen molar-refractivity contribution in [1.82, 2.24) is 9.55 Å². The summed E-state index contributed by atoms with van der Waals surface area (Å²) in [4.78, 5) is 4.64. The van der Waals surface area contributed by atoms with Crippen molar-refractivity contribution in [3.8, 4) is 22.9 Å². The van der Waals surface area contributed by atoms with Gasteiger partial charge in [0.1, 0.15) is 17.3 Å². The summed E-state index contributed by atoms with van der Waals surface area (Å²) in [5.41, 5.74) is 2.19. The fraction of sp³-hybridized carbons (Fsp3) is 0.235. The Morgan fingerprint density at radius 3 is 2.43 bits per heavy atom. The lowest BCUT2D eigenvalue weighted by atomic mass is 10.1. The number of para-hydroxylation sites is 2. The highest BCUT2D eigenvalue weighted by atomic mass is 16.3. The Labute approximate surface area is 123 Å². The van der Waals surface area contributed by atoms with Gasteiger partial charge in [0.15, 0.2) is 0 Å². The summed E-state index contributed by atoms with van der Waals surface area (Å²) in [6.07, 6.45) is 0. The van der Waals surface area contributed by atoms with Gasteiger partial charge in [0.25, 0.3) is 0 Å². The highest BCUT2D eigenvalue weighted by molar-refractivity contribution is 5.82. The van der Waals surface area contributed by atoms with Gasteiger partial charge >= 0.3 is 0 Å². The van der Waals surface area contributed by atoms with Crippen LogP contribution in [0.4, 0.5) is 0 Å². The summed E-state index contributed by atoms with van der Waals surface area (Å²) in [6, 6.07) is 12.4. The van der Waals surface area contributed by atoms with Gasteiger partial charge in [0.2, 0.25) is 0 Å². The van der Waals surface area contributed by atoms with E-state index >= 15 is 0 Å². The molecule has 3 rings (SSSR count). The van der Waals surface area contributed by atoms with Gasteiger partial charge in [-0.05, 0) is 51.1 Å². The number of hydrogen-bond acceptors (Lipinski definition) is 3. The van der Waals surface area contributed by atoms with Crippen LogP contribution in [0.15, 0.2) is 42.5 Å². The molecule has 0 aliphatic rings. The third-order valence-corrected chi connectivity index (χ3v) is 3.45. The zero-order chi connectivity index (χ0) is 15.2. The van der Waals surface area contributed by atoms with Crippen molar-refractivity contribution < 1.29 is 10.2 Å². The van der Waals surface area contributed by atoms with Crippen molar-refractivity contribution in [3.63, 3.8) is 0 Å². The summed E-state index contributed by atoms with van der Waals surface area (Å²) in [6.45, 7) is 6.26. The van der Waals surface area contributed by atoms with Crippen LogP contribution in [0.3, 0.4) is 0 Å². The highest BCUT2D eigenvalue weighted by Crippen LogP contribution is 2.36. The number of phenolic OH excluding ortho intramolecular Hbond substituents is 2. The fourth-order valence-electron chi connectivity index (χ4n) is 2.59. The predicted molar refractivity (Wildman–Crippen MR) is 83.5 cm³/mol. The van der Waals surface area contributed by atoms with E-state index in [0.29, 0.717) is 11.4 Å². The summed E-state index contributed by atoms with van der Waals surface area (Å²) in [5.74, 6) is 0.862. The summed E-state index contributed by atoms with van der Waals surface area (Å²) < 4.78 is 2.08. The number of aromatic nitrogens is 2. The molecule has 4 nitrogen and oxygen atoms in total. The normalized spacial score (nSPS) is 12.0. The van der Waals surface area contributed by atoms with E-state index in [4.69, 9.17) is 0 Å². The molecule has 2 aromatic carbocycles. The molecule has 0 bridgehead atoms. The van der Waals surface area contributed by atoms with Crippen molar-refractivity contribution in [1.29, 1.82) is 0 Å². The first kappa shape index (κ1) is 13.5. The number of benzene rings is 2. The maximum atomic E-state index is 10.1. The standard InChI is InChI=1S/C17H18N2O2/c1-17(2,3)19-14-7-5-4-6-13(14)18-16(19)12-10-11(20)8-9-15(12)21/h4-10,20-21H,1-3H3. The molecule has 0 aliphatic carbocycles. The third-order valence-electron chi connectivity index (χ3n) is 3.45. The Bertz CT molecular complexity index is 813. The van der Waals surface area contributed by atoms with E-state index in [1.807, 2.05) is 24.3 Å². The molecule has 0 radical (unpaired) electrons. The first-order valence-corrected chi connectivity index (χ1v) is 6.88. The fourth-order valence-corrected chi connectivity index (χ4v) is 2.59. The number of nitrogens with zero attached hydrogens (tertiary/aromatic N) is 2. The summed E-state index contributed by atoms with van der Waals surface area (Å²) in [7, 11) is 0. The van der Waals surface area contributed by atoms with Crippen LogP contribution >= 0.6 is 0 Å². The van der Waals surface area contributed by atoms with Crippen LogP contribution in [0.1, 0.15) is 20.8 Å². The molecule has 0 atom stereocenters. The van der Waals surface area contributed by atoms with E-state index in [0.717, 1.165) is 11.0 Å². The van der Waals surface area contributed by atoms with E-state index < -0.39 is 0 Å². The monoisotopic (exact) mass is 282 g/mol. The molecule has 21 heavy (non-hydrogen) atoms. The second-order valence-corrected chi connectivity index (χ2v) is 6.13. The van der Waals surface area contributed by atoms with Crippen LogP contribution in [0.5, 0.6) is 11.5 Å². The molecule has 0 unspecified atom stereocenters. The second-order valence-electron chi connectivity index (χ2n) is 6.13. The maximum absolute atomic E-state index is 10.1. The molecule has 0 spiro atoms. The smallest absolute Gasteiger partial charge is 0.145 e. The lowest BCUT2D eigenvalue weighted by Gasteiger charge is -2.25. The molecule has 108 valence electrons. The van der Waals surface area contributed by atoms with Gasteiger partial charge in [0.05, 0.1) is 16.6 Å². The Morgan fingerprint density at radius 1 is 1.00 bits per heavy atom. The minimum atomic E-state index is -0.205. The van der Waals surface area contributed by atoms with Crippen LogP contribution < -0.4 is 0 Å². The van der Waals surface area contributed by atoms with E-state index in [1.165, 1.54) is 12.1 Å². The highest BCUT2D eigenvalue weighted by Gasteiger charge is 2.23. The van der Waals surface area contributed by atoms with Crippen molar-refractivity contribution >= 4 is 11.0 Å². The summed E-state index contributed by atoms with van der Waals surface area (Å²) in [5, 5.41) is 19.9. The van der Waals surface area contributed by atoms with Crippen LogP contribution in [0, 0.1) is 0 Å². The van der Waals surface area contributed by atoms with E-state index in [1.54, 1.807) is 6.07 Å². The van der Waals surface area contributed by atoms with Crippen LogP contribution in [-0.4, -0.2) is 19.8 Å². The quantitative estimate of drug-likeness (QED) is 0.666. The number of fused-ring (bicyclic) bond motifs is 1. The molecule has 1 aromatic heterocycles. The first-order valence-electron chi connectivity index (χ1n) is 6.88. The van der Waals surface area contributed by atoms with Gasteiger partial charge in [-0.25, -0.2) is 4.98 Å². The van der Waals surface area contributed by atoms with Crippen molar-refractivity contribution in [3.05, 3.63) is 42.5 Å². The Balaban J connectivity index is 2.39. The molecule has 0 saturated heterocycles. The van der Waals surface area contributed by atoms with Crippen LogP contribution in [-0.2, 0) is 5.54 Å². The van der Waals surface area contributed by atoms with Gasteiger partial charge in [-0.15, -0.1) is 0 Å². The topological polar surface area (TPSA) is 58.3 Å². The molecule has 4 heteroatoms. The summed E-state index contributed by atoms with van der Waals surface area (Å²) >= 11 is 0. The van der Waals surface area contributed by atoms with Crippen LogP contribution in [0.2, 0.25) is 0 Å². The predicted octanol–water partition coefficient (Wildman–Crippen LogP) is 3.87. The minimum Gasteiger partial charge on any atom is -0.508 e. The number of phenols is 2. The van der Waals surface area contributed by atoms with Gasteiger partial charge in [-0.3, -0.25) is 0 Å². The van der Waals surface area contributed by atoms with E-state index in [2.05, 4.69) is 30.3 Å². The lowest BCUT2D eigenvalue weighted by Crippen LogP contribution is -2.22. The molecular formula is C17H18N2O2. The average Bonchev–Trinajstić information content (AvgIpc) is 2.80. The van der Waals surface area contributed by atoms with Gasteiger partial charge in [0, 0.05) is 5.54 Å². The lowest BCUT2D eigenvalue weighted by molar-refractivity contribution is 0.411. The Hall–Kier alpha value is -2.49. The molecule has 0 aliphatic heterocycles. The molecule has 3 aromatic rings. The van der Waals surface area contributed by atoms with Crippen molar-refractivity contribution in [2.45, 2.75) is 26.3 Å². The Morgan fingerprint density at radius 2 is 1.71 bits per heavy atom. The van der Waals surface area contributed by atoms with E-state index in [-0.39, 0.29) is 17.0 Å². The average molecular weight is 282 g/mol. The minimum absolute atomic E-state index is 0.105. The number of imidazole rings is 1. The molecule has 1 heterocycles. The Kier molecular flexibility index (Phi) is 2.90. The van der Waals surface area contributed by atoms with Gasteiger partial charge < -0.3 is 14.8 Å². The first-order chi connectivity index (χ1) is 9.88. The molecular weight excluding hydrogens is 264 g/mol. The van der Waals surface area contributed by atoms with Gasteiger partial charge in [-0.1, -0.05) is 12.1 Å². The van der Waals surface area contributed by atoms with Crippen molar-refractivity contribution in [2.75, 3.05) is 0 Å². The maximum Gasteiger partial charge on any atom is 0.145 e. The SMILES string of the molecule is CC(C)(C)n1c(-c2cc(O)ccc2O)nc2ccccc21. The number of hydrogen-bond donors (Lipinski definition) is 2. The third kappa shape index (κ3) is 2.23.